The van der Waals surface area contributed by atoms with E-state index >= 15 is 0 Å². The predicted octanol–water partition coefficient (Wildman–Crippen LogP) is 2.14. The minimum Gasteiger partial charge on any atom is -0.0959 e. The Morgan fingerprint density at radius 3 is 1.14 bits per heavy atom. The Labute approximate surface area is 60.2 Å². The van der Waals surface area contributed by atoms with Gasteiger partial charge in [-0.2, -0.15) is 0 Å². The van der Waals surface area contributed by atoms with Gasteiger partial charge in [0.15, 0.2) is 0 Å². The van der Waals surface area contributed by atoms with Crippen LogP contribution in [0.5, 0.6) is 0 Å². The molecule has 0 spiro atoms. The molecule has 0 fully saturated rings. The maximum absolute atomic E-state index is 3.66. The molecule has 1 heteroatoms. The van der Waals surface area contributed by atoms with Gasteiger partial charge in [-0.1, -0.05) is 24.3 Å². The number of rotatable bonds is 1. The monoisotopic (exact) mass is 130 g/mol. The Kier molecular flexibility index (Phi) is 6.37. The molecule has 0 nitrogen and oxygen atoms in total. The first kappa shape index (κ1) is 10.2. The molecule has 0 radical (unpaired) electrons. The van der Waals surface area contributed by atoms with E-state index in [9.17, 15) is 0 Å². The van der Waals surface area contributed by atoms with Crippen LogP contribution in [0.4, 0.5) is 0 Å². The van der Waals surface area contributed by atoms with Crippen molar-refractivity contribution >= 4 is 0 Å². The maximum atomic E-state index is 3.66. The molecule has 34 valence electrons. The minimum absolute atomic E-state index is 0. The van der Waals surface area contributed by atoms with Crippen molar-refractivity contribution in [2.24, 2.45) is 0 Å². The third-order valence-electron chi connectivity index (χ3n) is 0.729. The van der Waals surface area contributed by atoms with E-state index in [2.05, 4.69) is 13.2 Å². The molecular formula is C6H10Ti+4. The third kappa shape index (κ3) is 6.19. The van der Waals surface area contributed by atoms with Crippen LogP contribution in [-0.4, -0.2) is 0 Å². The summed E-state index contributed by atoms with van der Waals surface area (Å²) < 4.78 is 0. The normalized spacial score (nSPS) is 6.57. The Bertz CT molecular complexity index is 70.2. The van der Waals surface area contributed by atoms with Gasteiger partial charge in [-0.25, -0.2) is 0 Å². The van der Waals surface area contributed by atoms with E-state index in [1.54, 1.807) is 0 Å². The van der Waals surface area contributed by atoms with Crippen LogP contribution in [0.2, 0.25) is 0 Å². The maximum Gasteiger partial charge on any atom is 4.00 e. The second kappa shape index (κ2) is 4.36. The molecular weight excluding hydrogens is 120 g/mol. The van der Waals surface area contributed by atoms with Crippen molar-refractivity contribution in [3.8, 4) is 0 Å². The predicted molar refractivity (Wildman–Crippen MR) is 29.6 cm³/mol. The average molecular weight is 130 g/mol. The SMILES string of the molecule is C=C(C)C(=C)C.[Ti+4]. The molecule has 0 amide bonds. The van der Waals surface area contributed by atoms with Crippen LogP contribution >= 0.6 is 0 Å². The minimum atomic E-state index is 0. The fraction of sp³-hybridized carbons (Fsp3) is 0.333. The quantitative estimate of drug-likeness (QED) is 0.376. The van der Waals surface area contributed by atoms with Crippen LogP contribution in [0.1, 0.15) is 13.8 Å². The molecule has 0 aliphatic rings. The van der Waals surface area contributed by atoms with Gasteiger partial charge in [-0.15, -0.1) is 0 Å². The fourth-order valence-corrected chi connectivity index (χ4v) is 0. The molecule has 0 heterocycles. The molecule has 0 atom stereocenters. The summed E-state index contributed by atoms with van der Waals surface area (Å²) in [7, 11) is 0. The molecule has 0 rings (SSSR count). The van der Waals surface area contributed by atoms with E-state index in [4.69, 9.17) is 0 Å². The molecule has 0 bridgehead atoms. The summed E-state index contributed by atoms with van der Waals surface area (Å²) in [5.74, 6) is 0. The van der Waals surface area contributed by atoms with E-state index in [0.29, 0.717) is 0 Å². The molecule has 0 aliphatic heterocycles. The second-order valence-electron chi connectivity index (χ2n) is 1.56. The largest absolute Gasteiger partial charge is 4.00 e. The molecule has 7 heavy (non-hydrogen) atoms. The molecule has 0 saturated carbocycles. The van der Waals surface area contributed by atoms with Gasteiger partial charge in [0.2, 0.25) is 0 Å². The molecule has 0 aromatic heterocycles. The standard InChI is InChI=1S/C6H10.Ti/c1-5(2)6(3)4;/h1,3H2,2,4H3;/q;+4. The van der Waals surface area contributed by atoms with Crippen molar-refractivity contribution < 1.29 is 21.7 Å². The van der Waals surface area contributed by atoms with Crippen molar-refractivity contribution in [2.75, 3.05) is 0 Å². The number of hydrogen-bond donors (Lipinski definition) is 0. The van der Waals surface area contributed by atoms with Crippen LogP contribution in [0.25, 0.3) is 0 Å². The molecule has 0 saturated heterocycles. The van der Waals surface area contributed by atoms with Crippen LogP contribution in [-0.2, 0) is 21.7 Å². The Morgan fingerprint density at radius 2 is 1.14 bits per heavy atom. The first-order valence-corrected chi connectivity index (χ1v) is 1.96. The fourth-order valence-electron chi connectivity index (χ4n) is 0. The van der Waals surface area contributed by atoms with E-state index in [0.717, 1.165) is 11.1 Å². The van der Waals surface area contributed by atoms with Crippen LogP contribution in [0.15, 0.2) is 24.3 Å². The van der Waals surface area contributed by atoms with E-state index in [1.165, 1.54) is 0 Å². The van der Waals surface area contributed by atoms with Crippen LogP contribution < -0.4 is 0 Å². The van der Waals surface area contributed by atoms with E-state index in [-0.39, 0.29) is 21.7 Å². The van der Waals surface area contributed by atoms with Gasteiger partial charge in [-0.05, 0) is 13.8 Å². The summed E-state index contributed by atoms with van der Waals surface area (Å²) in [5.41, 5.74) is 2.13. The van der Waals surface area contributed by atoms with Crippen molar-refractivity contribution in [3.63, 3.8) is 0 Å². The summed E-state index contributed by atoms with van der Waals surface area (Å²) in [6.07, 6.45) is 0. The third-order valence-corrected chi connectivity index (χ3v) is 0.729. The first-order valence-electron chi connectivity index (χ1n) is 1.96. The Balaban J connectivity index is 0. The van der Waals surface area contributed by atoms with Crippen molar-refractivity contribution in [3.05, 3.63) is 24.3 Å². The van der Waals surface area contributed by atoms with Gasteiger partial charge >= 0.3 is 21.7 Å². The summed E-state index contributed by atoms with van der Waals surface area (Å²) >= 11 is 0. The van der Waals surface area contributed by atoms with Gasteiger partial charge in [0.1, 0.15) is 0 Å². The van der Waals surface area contributed by atoms with Gasteiger partial charge in [-0.3, -0.25) is 0 Å². The van der Waals surface area contributed by atoms with E-state index < -0.39 is 0 Å². The van der Waals surface area contributed by atoms with Crippen LogP contribution in [0.3, 0.4) is 0 Å². The molecule has 0 N–H and O–H groups in total. The summed E-state index contributed by atoms with van der Waals surface area (Å²) in [6, 6.07) is 0. The first-order chi connectivity index (χ1) is 2.64. The van der Waals surface area contributed by atoms with Crippen molar-refractivity contribution in [1.82, 2.24) is 0 Å². The molecule has 0 aliphatic carbocycles. The van der Waals surface area contributed by atoms with E-state index in [1.807, 2.05) is 13.8 Å². The molecule has 0 aromatic carbocycles. The summed E-state index contributed by atoms with van der Waals surface area (Å²) in [5, 5.41) is 0. The average Bonchev–Trinajstić information content (AvgIpc) is 1.36. The van der Waals surface area contributed by atoms with Crippen LogP contribution in [0, 0.1) is 0 Å². The van der Waals surface area contributed by atoms with Crippen molar-refractivity contribution in [2.45, 2.75) is 13.8 Å². The zero-order chi connectivity index (χ0) is 5.15. The molecule has 0 unspecified atom stereocenters. The number of hydrogen-bond acceptors (Lipinski definition) is 0. The Morgan fingerprint density at radius 1 is 1.00 bits per heavy atom. The van der Waals surface area contributed by atoms with Gasteiger partial charge < -0.3 is 0 Å². The van der Waals surface area contributed by atoms with Crippen molar-refractivity contribution in [1.29, 1.82) is 0 Å². The summed E-state index contributed by atoms with van der Waals surface area (Å²) in [4.78, 5) is 0. The van der Waals surface area contributed by atoms with Gasteiger partial charge in [0.05, 0.1) is 0 Å². The van der Waals surface area contributed by atoms with Gasteiger partial charge in [0.25, 0.3) is 0 Å². The zero-order valence-electron chi connectivity index (χ0n) is 4.91. The smallest absolute Gasteiger partial charge is 0.0959 e. The summed E-state index contributed by atoms with van der Waals surface area (Å²) in [6.45, 7) is 11.2. The Hall–Kier alpha value is 0.194. The topological polar surface area (TPSA) is 0 Å². The molecule has 0 aromatic rings. The van der Waals surface area contributed by atoms with Gasteiger partial charge in [0, 0.05) is 0 Å². The second-order valence-corrected chi connectivity index (χ2v) is 1.56. The zero-order valence-corrected chi connectivity index (χ0v) is 6.48. The number of allylic oxidation sites excluding steroid dienone is 2.